The molecular formula is C21H24BrN5O3S. The number of likely N-dealkylation sites (tertiary alicyclic amines) is 1. The van der Waals surface area contributed by atoms with Gasteiger partial charge in [0.25, 0.3) is 11.8 Å². The molecule has 1 aliphatic heterocycles. The van der Waals surface area contributed by atoms with Gasteiger partial charge in [0.1, 0.15) is 4.70 Å². The Morgan fingerprint density at radius 1 is 1.29 bits per heavy atom. The number of aromatic nitrogens is 3. The van der Waals surface area contributed by atoms with E-state index >= 15 is 0 Å². The van der Waals surface area contributed by atoms with E-state index in [0.717, 1.165) is 17.3 Å². The zero-order valence-electron chi connectivity index (χ0n) is 17.6. The van der Waals surface area contributed by atoms with Gasteiger partial charge in [0.05, 0.1) is 18.2 Å². The lowest BCUT2D eigenvalue weighted by molar-refractivity contribution is 0.0672. The molecule has 1 aliphatic rings. The normalized spacial score (nSPS) is 16.8. The molecule has 10 heteroatoms. The van der Waals surface area contributed by atoms with E-state index in [9.17, 15) is 14.7 Å². The van der Waals surface area contributed by atoms with Crippen LogP contribution >= 0.6 is 27.3 Å². The molecule has 0 spiro atoms. The Kier molecular flexibility index (Phi) is 5.89. The van der Waals surface area contributed by atoms with Crippen LogP contribution in [0.1, 0.15) is 54.5 Å². The summed E-state index contributed by atoms with van der Waals surface area (Å²) < 4.78 is 3.25. The number of rotatable bonds is 4. The van der Waals surface area contributed by atoms with Crippen molar-refractivity contribution in [3.63, 3.8) is 0 Å². The van der Waals surface area contributed by atoms with Gasteiger partial charge in [-0.2, -0.15) is 10.1 Å². The lowest BCUT2D eigenvalue weighted by Gasteiger charge is -2.22. The van der Waals surface area contributed by atoms with Crippen molar-refractivity contribution in [3.05, 3.63) is 40.0 Å². The van der Waals surface area contributed by atoms with Gasteiger partial charge in [-0.25, -0.2) is 4.68 Å². The molecule has 8 nitrogen and oxygen atoms in total. The maximum Gasteiger partial charge on any atom is 0.276 e. The highest BCUT2D eigenvalue weighted by Gasteiger charge is 2.34. The highest BCUT2D eigenvalue weighted by molar-refractivity contribution is 9.10. The number of nitrogens with one attached hydrogen (secondary N) is 1. The van der Waals surface area contributed by atoms with Gasteiger partial charge < -0.3 is 10.0 Å². The van der Waals surface area contributed by atoms with Crippen molar-refractivity contribution in [3.8, 4) is 0 Å². The fraction of sp³-hybridized carbons (Fsp3) is 0.429. The summed E-state index contributed by atoms with van der Waals surface area (Å²) in [7, 11) is 0. The minimum atomic E-state index is -0.404. The molecule has 0 aliphatic carbocycles. The average molecular weight is 506 g/mol. The number of benzene rings is 1. The van der Waals surface area contributed by atoms with Crippen molar-refractivity contribution in [2.75, 3.05) is 18.5 Å². The second-order valence-corrected chi connectivity index (χ2v) is 10.5. The molecule has 1 saturated heterocycles. The third-order valence-corrected chi connectivity index (χ3v) is 6.73. The number of aliphatic hydroxyl groups excluding tert-OH is 1. The van der Waals surface area contributed by atoms with E-state index < -0.39 is 5.54 Å². The van der Waals surface area contributed by atoms with Crippen LogP contribution in [0.25, 0.3) is 10.3 Å². The maximum atomic E-state index is 13.3. The highest BCUT2D eigenvalue weighted by Crippen LogP contribution is 2.34. The van der Waals surface area contributed by atoms with Crippen LogP contribution in [0.2, 0.25) is 0 Å². The molecule has 1 fully saturated rings. The summed E-state index contributed by atoms with van der Waals surface area (Å²) in [4.78, 5) is 32.2. The number of nitrogens with zero attached hydrogens (tertiary/aromatic N) is 4. The standard InChI is InChI=1S/C21H24BrN5O3S/c1-21(2,3)27-17-16(15(25-27)19(30)26-10-4-5-14(26)11-28)31-20(23-17)24-18(29)12-6-8-13(22)9-7-12/h6-9,14,28H,4-5,10-11H2,1-3H3,(H,23,24,29)/t14-/m0/s1. The molecule has 2 amide bonds. The zero-order valence-corrected chi connectivity index (χ0v) is 20.0. The summed E-state index contributed by atoms with van der Waals surface area (Å²) in [5.74, 6) is -0.481. The Morgan fingerprint density at radius 3 is 2.65 bits per heavy atom. The van der Waals surface area contributed by atoms with E-state index in [1.165, 1.54) is 11.3 Å². The lowest BCUT2D eigenvalue weighted by Crippen LogP contribution is -2.38. The summed E-state index contributed by atoms with van der Waals surface area (Å²) in [6.45, 7) is 6.49. The molecule has 3 heterocycles. The summed E-state index contributed by atoms with van der Waals surface area (Å²) in [6, 6.07) is 6.86. The van der Waals surface area contributed by atoms with Crippen LogP contribution in [0.3, 0.4) is 0 Å². The van der Waals surface area contributed by atoms with Gasteiger partial charge in [-0.1, -0.05) is 27.3 Å². The van der Waals surface area contributed by atoms with Crippen molar-refractivity contribution >= 4 is 54.6 Å². The van der Waals surface area contributed by atoms with Crippen LogP contribution in [-0.4, -0.2) is 55.8 Å². The van der Waals surface area contributed by atoms with E-state index in [0.29, 0.717) is 33.3 Å². The lowest BCUT2D eigenvalue weighted by atomic mass is 10.1. The predicted molar refractivity (Wildman–Crippen MR) is 124 cm³/mol. The summed E-state index contributed by atoms with van der Waals surface area (Å²) in [5, 5.41) is 17.5. The third-order valence-electron chi connectivity index (χ3n) is 5.24. The molecule has 164 valence electrons. The molecule has 0 bridgehead atoms. The summed E-state index contributed by atoms with van der Waals surface area (Å²) >= 11 is 4.60. The van der Waals surface area contributed by atoms with Crippen LogP contribution in [0.15, 0.2) is 28.7 Å². The second kappa shape index (κ2) is 8.33. The molecule has 1 atom stereocenters. The monoisotopic (exact) mass is 505 g/mol. The second-order valence-electron chi connectivity index (χ2n) is 8.54. The first-order valence-corrected chi connectivity index (χ1v) is 11.7. The first kappa shape index (κ1) is 21.9. The van der Waals surface area contributed by atoms with E-state index in [1.807, 2.05) is 20.8 Å². The van der Waals surface area contributed by atoms with Gasteiger partial charge in [0.2, 0.25) is 0 Å². The van der Waals surface area contributed by atoms with Gasteiger partial charge in [0, 0.05) is 16.6 Å². The smallest absolute Gasteiger partial charge is 0.276 e. The molecule has 4 rings (SSSR count). The van der Waals surface area contributed by atoms with E-state index in [-0.39, 0.29) is 24.5 Å². The fourth-order valence-corrected chi connectivity index (χ4v) is 4.84. The van der Waals surface area contributed by atoms with Gasteiger partial charge in [-0.3, -0.25) is 14.9 Å². The van der Waals surface area contributed by atoms with Crippen LogP contribution < -0.4 is 5.32 Å². The minimum absolute atomic E-state index is 0.0634. The number of carbonyl (C=O) groups excluding carboxylic acids is 2. The van der Waals surface area contributed by atoms with E-state index in [2.05, 4.69) is 31.3 Å². The van der Waals surface area contributed by atoms with Crippen molar-refractivity contribution in [1.29, 1.82) is 0 Å². The number of hydrogen-bond acceptors (Lipinski definition) is 6. The molecule has 2 aromatic heterocycles. The molecule has 0 radical (unpaired) electrons. The number of aliphatic hydroxyl groups is 1. The Hall–Kier alpha value is -2.30. The van der Waals surface area contributed by atoms with Crippen molar-refractivity contribution < 1.29 is 14.7 Å². The molecule has 3 aromatic rings. The molecule has 0 unspecified atom stereocenters. The van der Waals surface area contributed by atoms with Crippen molar-refractivity contribution in [2.45, 2.75) is 45.2 Å². The van der Waals surface area contributed by atoms with Crippen molar-refractivity contribution in [2.24, 2.45) is 0 Å². The number of anilines is 1. The topological polar surface area (TPSA) is 100 Å². The summed E-state index contributed by atoms with van der Waals surface area (Å²) in [6.07, 6.45) is 1.64. The third kappa shape index (κ3) is 4.24. The number of carbonyl (C=O) groups is 2. The fourth-order valence-electron chi connectivity index (χ4n) is 3.66. The molecule has 0 saturated carbocycles. The van der Waals surface area contributed by atoms with E-state index in [4.69, 9.17) is 0 Å². The number of hydrogen-bond donors (Lipinski definition) is 2. The molecular weight excluding hydrogens is 482 g/mol. The highest BCUT2D eigenvalue weighted by atomic mass is 79.9. The Bertz CT molecular complexity index is 1130. The number of halogens is 1. The van der Waals surface area contributed by atoms with Gasteiger partial charge in [-0.15, -0.1) is 0 Å². The van der Waals surface area contributed by atoms with E-state index in [1.54, 1.807) is 33.8 Å². The largest absolute Gasteiger partial charge is 0.394 e. The van der Waals surface area contributed by atoms with Crippen molar-refractivity contribution in [1.82, 2.24) is 19.7 Å². The van der Waals surface area contributed by atoms with Gasteiger partial charge in [0.15, 0.2) is 16.5 Å². The van der Waals surface area contributed by atoms with Crippen LogP contribution in [0, 0.1) is 0 Å². The summed E-state index contributed by atoms with van der Waals surface area (Å²) in [5.41, 5.74) is 0.983. The SMILES string of the molecule is CC(C)(C)n1nc(C(=O)N2CCC[C@H]2CO)c2sc(NC(=O)c3ccc(Br)cc3)nc21. The first-order chi connectivity index (χ1) is 14.7. The number of fused-ring (bicyclic) bond motifs is 1. The Morgan fingerprint density at radius 2 is 2.00 bits per heavy atom. The molecule has 31 heavy (non-hydrogen) atoms. The van der Waals surface area contributed by atoms with Gasteiger partial charge in [-0.05, 0) is 57.9 Å². The van der Waals surface area contributed by atoms with Crippen LogP contribution in [-0.2, 0) is 5.54 Å². The quantitative estimate of drug-likeness (QED) is 0.560. The zero-order chi connectivity index (χ0) is 22.3. The Labute approximate surface area is 192 Å². The average Bonchev–Trinajstić information content (AvgIpc) is 3.41. The Balaban J connectivity index is 1.71. The minimum Gasteiger partial charge on any atom is -0.394 e. The van der Waals surface area contributed by atoms with Gasteiger partial charge >= 0.3 is 0 Å². The number of thiazole rings is 1. The predicted octanol–water partition coefficient (Wildman–Crippen LogP) is 3.86. The molecule has 1 aromatic carbocycles. The first-order valence-electron chi connectivity index (χ1n) is 10.1. The number of amides is 2. The van der Waals surface area contributed by atoms with Crippen LogP contribution in [0.5, 0.6) is 0 Å². The molecule has 2 N–H and O–H groups in total. The maximum absolute atomic E-state index is 13.3. The van der Waals surface area contributed by atoms with Crippen LogP contribution in [0.4, 0.5) is 5.13 Å².